The van der Waals surface area contributed by atoms with Gasteiger partial charge in [0, 0.05) is 12.1 Å². The lowest BCUT2D eigenvalue weighted by Crippen LogP contribution is -2.43. The maximum absolute atomic E-state index is 13.4. The van der Waals surface area contributed by atoms with E-state index in [1.165, 1.54) is 18.5 Å². The number of alkyl halides is 3. The summed E-state index contributed by atoms with van der Waals surface area (Å²) < 4.78 is 45.9. The number of hydrogen-bond donors (Lipinski definition) is 1. The van der Waals surface area contributed by atoms with E-state index in [1.54, 1.807) is 27.5 Å². The van der Waals surface area contributed by atoms with Crippen molar-refractivity contribution in [1.82, 2.24) is 24.5 Å². The van der Waals surface area contributed by atoms with E-state index in [-0.39, 0.29) is 18.3 Å². The number of rotatable bonds is 2. The topological polar surface area (TPSA) is 98.6 Å². The van der Waals surface area contributed by atoms with Crippen LogP contribution in [-0.2, 0) is 10.9 Å². The Hall–Kier alpha value is -3.73. The van der Waals surface area contributed by atoms with Gasteiger partial charge in [-0.05, 0) is 35.9 Å². The zero-order valence-corrected chi connectivity index (χ0v) is 16.6. The first-order chi connectivity index (χ1) is 15.3. The normalized spacial score (nSPS) is 17.2. The molecule has 2 aromatic carbocycles. The third-order valence-electron chi connectivity index (χ3n) is 5.51. The van der Waals surface area contributed by atoms with Crippen LogP contribution >= 0.6 is 0 Å². The van der Waals surface area contributed by atoms with Gasteiger partial charge in [0.05, 0.1) is 35.9 Å². The summed E-state index contributed by atoms with van der Waals surface area (Å²) in [5.41, 5.74) is 7.72. The predicted octanol–water partition coefficient (Wildman–Crippen LogP) is 3.09. The van der Waals surface area contributed by atoms with Crippen molar-refractivity contribution >= 4 is 28.4 Å². The molecule has 0 aliphatic carbocycles. The summed E-state index contributed by atoms with van der Waals surface area (Å²) >= 11 is 0. The van der Waals surface area contributed by atoms with Gasteiger partial charge in [0.15, 0.2) is 5.82 Å². The zero-order valence-electron chi connectivity index (χ0n) is 16.6. The molecule has 164 valence electrons. The number of benzene rings is 2. The number of nitrogens with zero attached hydrogens (tertiary/aromatic N) is 5. The molecule has 1 atom stereocenters. The second kappa shape index (κ2) is 7.45. The molecule has 8 nitrogen and oxygen atoms in total. The smallest absolute Gasteiger partial charge is 0.381 e. The molecule has 2 N–H and O–H groups in total. The van der Waals surface area contributed by atoms with Crippen molar-refractivity contribution in [2.75, 3.05) is 25.5 Å². The second-order valence-electron chi connectivity index (χ2n) is 7.43. The van der Waals surface area contributed by atoms with Gasteiger partial charge in [-0.25, -0.2) is 4.98 Å². The largest absolute Gasteiger partial charge is 0.416 e. The maximum atomic E-state index is 13.4. The summed E-state index contributed by atoms with van der Waals surface area (Å²) in [5, 5.41) is 7.80. The molecular formula is C21H17F3N6O2. The Balaban J connectivity index is 1.50. The Labute approximate surface area is 179 Å². The molecule has 5 rings (SSSR count). The fourth-order valence-electron chi connectivity index (χ4n) is 3.89. The highest BCUT2D eigenvalue weighted by Gasteiger charge is 2.33. The minimum absolute atomic E-state index is 0.193. The van der Waals surface area contributed by atoms with Crippen molar-refractivity contribution in [1.29, 1.82) is 0 Å². The lowest BCUT2D eigenvalue weighted by molar-refractivity contribution is -0.137. The van der Waals surface area contributed by atoms with Crippen molar-refractivity contribution in [2.45, 2.75) is 12.2 Å². The first-order valence-electron chi connectivity index (χ1n) is 9.78. The first kappa shape index (κ1) is 20.2. The second-order valence-corrected chi connectivity index (χ2v) is 7.43. The van der Waals surface area contributed by atoms with Gasteiger partial charge in [-0.1, -0.05) is 12.1 Å². The van der Waals surface area contributed by atoms with E-state index >= 15 is 0 Å². The Morgan fingerprint density at radius 2 is 1.94 bits per heavy atom. The van der Waals surface area contributed by atoms with E-state index in [0.717, 1.165) is 12.1 Å². The van der Waals surface area contributed by atoms with Crippen LogP contribution in [0.5, 0.6) is 0 Å². The van der Waals surface area contributed by atoms with Crippen LogP contribution in [0.2, 0.25) is 0 Å². The van der Waals surface area contributed by atoms with Gasteiger partial charge in [-0.2, -0.15) is 13.2 Å². The molecule has 4 aromatic rings. The monoisotopic (exact) mass is 442 g/mol. The highest BCUT2D eigenvalue weighted by Crippen LogP contribution is 2.32. The van der Waals surface area contributed by atoms with Crippen LogP contribution in [0.4, 0.5) is 19.0 Å². The van der Waals surface area contributed by atoms with Gasteiger partial charge < -0.3 is 15.4 Å². The molecule has 0 spiro atoms. The zero-order chi connectivity index (χ0) is 22.5. The lowest BCUT2D eigenvalue weighted by Gasteiger charge is -2.36. The fraction of sp³-hybridized carbons (Fsp3) is 0.238. The van der Waals surface area contributed by atoms with Crippen LogP contribution in [0.15, 0.2) is 48.8 Å². The molecular weight excluding hydrogens is 425 g/mol. The van der Waals surface area contributed by atoms with Gasteiger partial charge in [-0.15, -0.1) is 10.2 Å². The van der Waals surface area contributed by atoms with E-state index < -0.39 is 17.8 Å². The van der Waals surface area contributed by atoms with E-state index in [4.69, 9.17) is 10.5 Å². The first-order valence-corrected chi connectivity index (χ1v) is 9.78. The van der Waals surface area contributed by atoms with Gasteiger partial charge in [0.2, 0.25) is 5.65 Å². The number of fused-ring (bicyclic) bond motifs is 3. The number of nitrogens with two attached hydrogens (primary N) is 1. The van der Waals surface area contributed by atoms with Gasteiger partial charge in [0.25, 0.3) is 5.91 Å². The molecule has 2 aromatic heterocycles. The number of halogens is 3. The summed E-state index contributed by atoms with van der Waals surface area (Å²) in [4.78, 5) is 19.3. The highest BCUT2D eigenvalue weighted by atomic mass is 19.4. The molecule has 1 saturated heterocycles. The number of nitrogen functional groups attached to an aromatic ring is 1. The molecule has 1 amide bonds. The van der Waals surface area contributed by atoms with Gasteiger partial charge in [-0.3, -0.25) is 9.20 Å². The molecule has 0 saturated carbocycles. The number of morpholine rings is 1. The summed E-state index contributed by atoms with van der Waals surface area (Å²) in [6, 6.07) is 9.31. The summed E-state index contributed by atoms with van der Waals surface area (Å²) in [5.74, 6) is -0.0391. The predicted molar refractivity (Wildman–Crippen MR) is 109 cm³/mol. The third-order valence-corrected chi connectivity index (χ3v) is 5.51. The Bertz CT molecular complexity index is 1320. The number of anilines is 1. The molecule has 1 aliphatic rings. The number of aromatic nitrogens is 4. The molecule has 1 aliphatic heterocycles. The van der Waals surface area contributed by atoms with Crippen LogP contribution in [0.3, 0.4) is 0 Å². The van der Waals surface area contributed by atoms with Crippen LogP contribution in [0, 0.1) is 0 Å². The molecule has 1 unspecified atom stereocenters. The SMILES string of the molecule is Nc1nc2ccc(C(=O)N3CCOCC3c3ccc(C(F)(F)F)cc3)cc2n2cnnc12. The van der Waals surface area contributed by atoms with Crippen molar-refractivity contribution in [3.05, 3.63) is 65.5 Å². The Morgan fingerprint density at radius 3 is 2.69 bits per heavy atom. The van der Waals surface area contributed by atoms with E-state index in [9.17, 15) is 18.0 Å². The number of ether oxygens (including phenoxy) is 1. The molecule has 11 heteroatoms. The van der Waals surface area contributed by atoms with Crippen LogP contribution in [-0.4, -0.2) is 50.1 Å². The molecule has 3 heterocycles. The standard InChI is InChI=1S/C21H17F3N6O2/c22-21(23,24)14-4-1-12(2-5-14)17-10-32-8-7-29(17)20(31)13-3-6-15-16(9-13)30-11-26-28-19(30)18(25)27-15/h1-6,9,11,17H,7-8,10H2,(H2,25,27). The molecule has 32 heavy (non-hydrogen) atoms. The lowest BCUT2D eigenvalue weighted by atomic mass is 10.0. The molecule has 1 fully saturated rings. The van der Waals surface area contributed by atoms with Crippen LogP contribution < -0.4 is 5.73 Å². The van der Waals surface area contributed by atoms with Gasteiger partial charge >= 0.3 is 6.18 Å². The summed E-state index contributed by atoms with van der Waals surface area (Å²) in [6.07, 6.45) is -2.93. The van der Waals surface area contributed by atoms with Crippen molar-refractivity contribution in [3.63, 3.8) is 0 Å². The minimum atomic E-state index is -4.42. The molecule has 0 bridgehead atoms. The van der Waals surface area contributed by atoms with E-state index in [1.807, 2.05) is 0 Å². The maximum Gasteiger partial charge on any atom is 0.416 e. The van der Waals surface area contributed by atoms with Crippen LogP contribution in [0.25, 0.3) is 16.7 Å². The van der Waals surface area contributed by atoms with Crippen molar-refractivity contribution < 1.29 is 22.7 Å². The van der Waals surface area contributed by atoms with Crippen LogP contribution in [0.1, 0.15) is 27.5 Å². The van der Waals surface area contributed by atoms with Crippen molar-refractivity contribution in [3.8, 4) is 0 Å². The minimum Gasteiger partial charge on any atom is -0.381 e. The number of carbonyl (C=O) groups excluding carboxylic acids is 1. The average molecular weight is 442 g/mol. The quantitative estimate of drug-likeness (QED) is 0.512. The Kier molecular flexibility index (Phi) is 4.70. The van der Waals surface area contributed by atoms with Crippen molar-refractivity contribution in [2.24, 2.45) is 0 Å². The van der Waals surface area contributed by atoms with E-state index in [0.29, 0.717) is 41.0 Å². The number of hydrogen-bond acceptors (Lipinski definition) is 6. The Morgan fingerprint density at radius 1 is 1.16 bits per heavy atom. The van der Waals surface area contributed by atoms with Gasteiger partial charge in [0.1, 0.15) is 6.33 Å². The fourth-order valence-corrected chi connectivity index (χ4v) is 3.89. The molecule has 0 radical (unpaired) electrons. The highest BCUT2D eigenvalue weighted by molar-refractivity contribution is 5.98. The van der Waals surface area contributed by atoms with E-state index in [2.05, 4.69) is 15.2 Å². The summed E-state index contributed by atoms with van der Waals surface area (Å²) in [7, 11) is 0. The average Bonchev–Trinajstić information content (AvgIpc) is 3.29. The summed E-state index contributed by atoms with van der Waals surface area (Å²) in [6.45, 7) is 0.841. The number of amides is 1. The third kappa shape index (κ3) is 3.40. The number of carbonyl (C=O) groups is 1.